The number of aromatic nitrogens is 4. The van der Waals surface area contributed by atoms with Gasteiger partial charge in [0.1, 0.15) is 23.4 Å². The molecule has 8 heteroatoms. The van der Waals surface area contributed by atoms with Gasteiger partial charge in [0.2, 0.25) is 5.91 Å². The molecule has 3 aromatic heterocycles. The van der Waals surface area contributed by atoms with E-state index in [0.717, 1.165) is 27.4 Å². The maximum absolute atomic E-state index is 13.0. The monoisotopic (exact) mass is 365 g/mol. The predicted octanol–water partition coefficient (Wildman–Crippen LogP) is 3.41. The molecular formula is C19H16FN5O2. The van der Waals surface area contributed by atoms with Gasteiger partial charge in [-0.3, -0.25) is 9.89 Å². The van der Waals surface area contributed by atoms with Gasteiger partial charge in [0.25, 0.3) is 0 Å². The molecule has 3 N–H and O–H groups in total. The summed E-state index contributed by atoms with van der Waals surface area (Å²) >= 11 is 0. The number of pyridine rings is 1. The molecule has 0 bridgehead atoms. The van der Waals surface area contributed by atoms with Crippen LogP contribution >= 0.6 is 0 Å². The Hall–Kier alpha value is -3.42. The van der Waals surface area contributed by atoms with Crippen molar-refractivity contribution >= 4 is 33.7 Å². The molecule has 4 aromatic rings. The van der Waals surface area contributed by atoms with Gasteiger partial charge in [-0.2, -0.15) is 5.10 Å². The summed E-state index contributed by atoms with van der Waals surface area (Å²) in [4.78, 5) is 19.5. The zero-order chi connectivity index (χ0) is 18.5. The molecule has 0 aliphatic heterocycles. The van der Waals surface area contributed by atoms with Crippen molar-refractivity contribution in [3.8, 4) is 16.9 Å². The summed E-state index contributed by atoms with van der Waals surface area (Å²) in [6, 6.07) is 7.50. The van der Waals surface area contributed by atoms with E-state index in [9.17, 15) is 9.18 Å². The standard InChI is InChI=1S/C19H16FN5O2/c1-27-16-6-15-9(7-22-25-15)4-11(16)13-8-21-18-10(13)2-3-17(23-18)24-19(26)12-5-14(12)20/h2-4,6-8,12,14H,5H2,1H3,(H,22,25)(H2,21,23,24,26)/t12-,14+/m1/s1. The third-order valence-corrected chi connectivity index (χ3v) is 4.89. The minimum Gasteiger partial charge on any atom is -0.496 e. The number of amides is 1. The lowest BCUT2D eigenvalue weighted by Crippen LogP contribution is -2.15. The second kappa shape index (κ2) is 5.80. The van der Waals surface area contributed by atoms with Crippen LogP contribution in [0.3, 0.4) is 0 Å². The van der Waals surface area contributed by atoms with Crippen LogP contribution < -0.4 is 10.1 Å². The molecule has 1 fully saturated rings. The average molecular weight is 365 g/mol. The maximum atomic E-state index is 13.0. The van der Waals surface area contributed by atoms with Crippen molar-refractivity contribution in [1.29, 1.82) is 0 Å². The van der Waals surface area contributed by atoms with Crippen molar-refractivity contribution in [3.63, 3.8) is 0 Å². The highest BCUT2D eigenvalue weighted by Gasteiger charge is 2.43. The smallest absolute Gasteiger partial charge is 0.231 e. The molecule has 1 aromatic carbocycles. The van der Waals surface area contributed by atoms with E-state index in [1.54, 1.807) is 19.4 Å². The Bertz CT molecular complexity index is 1180. The molecule has 0 radical (unpaired) electrons. The molecule has 136 valence electrons. The highest BCUT2D eigenvalue weighted by Crippen LogP contribution is 2.38. The van der Waals surface area contributed by atoms with Crippen molar-refractivity contribution in [1.82, 2.24) is 20.2 Å². The number of H-pyrrole nitrogens is 2. The van der Waals surface area contributed by atoms with Crippen LogP contribution in [-0.2, 0) is 4.79 Å². The molecule has 0 saturated heterocycles. The first kappa shape index (κ1) is 15.8. The fourth-order valence-corrected chi connectivity index (χ4v) is 3.30. The third-order valence-electron chi connectivity index (χ3n) is 4.89. The van der Waals surface area contributed by atoms with E-state index in [1.165, 1.54) is 0 Å². The van der Waals surface area contributed by atoms with Crippen LogP contribution in [0.4, 0.5) is 10.2 Å². The SMILES string of the molecule is COc1cc2[nH]ncc2cc1-c1c[nH]c2nc(NC(=O)[C@@H]3C[C@@H]3F)ccc12. The normalized spacial score (nSPS) is 18.7. The van der Waals surface area contributed by atoms with Crippen LogP contribution in [0.15, 0.2) is 36.7 Å². The van der Waals surface area contributed by atoms with E-state index < -0.39 is 12.1 Å². The lowest BCUT2D eigenvalue weighted by atomic mass is 10.0. The Balaban J connectivity index is 1.54. The molecule has 0 unspecified atom stereocenters. The molecule has 1 amide bonds. The Morgan fingerprint density at radius 2 is 2.19 bits per heavy atom. The van der Waals surface area contributed by atoms with E-state index in [-0.39, 0.29) is 12.3 Å². The summed E-state index contributed by atoms with van der Waals surface area (Å²) in [5.74, 6) is 0.242. The largest absolute Gasteiger partial charge is 0.496 e. The maximum Gasteiger partial charge on any atom is 0.231 e. The van der Waals surface area contributed by atoms with Crippen LogP contribution in [-0.4, -0.2) is 39.4 Å². The Morgan fingerprint density at radius 3 is 2.96 bits per heavy atom. The van der Waals surface area contributed by atoms with E-state index in [1.807, 2.05) is 24.4 Å². The van der Waals surface area contributed by atoms with E-state index in [4.69, 9.17) is 4.74 Å². The zero-order valence-corrected chi connectivity index (χ0v) is 14.4. The van der Waals surface area contributed by atoms with Crippen molar-refractivity contribution in [3.05, 3.63) is 36.7 Å². The highest BCUT2D eigenvalue weighted by atomic mass is 19.1. The number of hydrogen-bond donors (Lipinski definition) is 3. The summed E-state index contributed by atoms with van der Waals surface area (Å²) in [7, 11) is 1.62. The first-order valence-corrected chi connectivity index (χ1v) is 8.58. The van der Waals surface area contributed by atoms with E-state index in [0.29, 0.717) is 17.2 Å². The van der Waals surface area contributed by atoms with Crippen molar-refractivity contribution in [2.45, 2.75) is 12.6 Å². The van der Waals surface area contributed by atoms with E-state index >= 15 is 0 Å². The Kier molecular flexibility index (Phi) is 3.40. The Labute approximate surface area is 152 Å². The number of fused-ring (bicyclic) bond motifs is 2. The summed E-state index contributed by atoms with van der Waals surface area (Å²) in [5.41, 5.74) is 3.37. The Morgan fingerprint density at radius 1 is 1.33 bits per heavy atom. The summed E-state index contributed by atoms with van der Waals surface area (Å²) in [6.07, 6.45) is 2.87. The van der Waals surface area contributed by atoms with Gasteiger partial charge in [0, 0.05) is 34.2 Å². The molecule has 3 heterocycles. The van der Waals surface area contributed by atoms with Gasteiger partial charge < -0.3 is 15.0 Å². The number of alkyl halides is 1. The number of rotatable bonds is 4. The number of hydrogen-bond acceptors (Lipinski definition) is 4. The number of nitrogens with zero attached hydrogens (tertiary/aromatic N) is 2. The molecule has 1 aliphatic carbocycles. The van der Waals surface area contributed by atoms with Crippen LogP contribution in [0.5, 0.6) is 5.75 Å². The average Bonchev–Trinajstić information content (AvgIpc) is 3.07. The number of anilines is 1. The minimum atomic E-state index is -1.03. The van der Waals surface area contributed by atoms with Gasteiger partial charge in [0.15, 0.2) is 0 Å². The lowest BCUT2D eigenvalue weighted by Gasteiger charge is -2.08. The third kappa shape index (κ3) is 2.61. The molecule has 1 aliphatic rings. The number of carbonyl (C=O) groups excluding carboxylic acids is 1. The van der Waals surface area contributed by atoms with Gasteiger partial charge in [-0.25, -0.2) is 9.37 Å². The van der Waals surface area contributed by atoms with Gasteiger partial charge in [-0.15, -0.1) is 0 Å². The first-order chi connectivity index (χ1) is 13.1. The van der Waals surface area contributed by atoms with Crippen LogP contribution in [0.1, 0.15) is 6.42 Å². The fraction of sp³-hybridized carbons (Fsp3) is 0.211. The zero-order valence-electron chi connectivity index (χ0n) is 14.4. The fourth-order valence-electron chi connectivity index (χ4n) is 3.30. The first-order valence-electron chi connectivity index (χ1n) is 8.58. The number of ether oxygens (including phenoxy) is 1. The number of aromatic amines is 2. The van der Waals surface area contributed by atoms with Crippen LogP contribution in [0, 0.1) is 5.92 Å². The quantitative estimate of drug-likeness (QED) is 0.516. The predicted molar refractivity (Wildman–Crippen MR) is 99.4 cm³/mol. The number of benzene rings is 1. The minimum absolute atomic E-state index is 0.289. The molecule has 7 nitrogen and oxygen atoms in total. The van der Waals surface area contributed by atoms with Gasteiger partial charge >= 0.3 is 0 Å². The molecule has 0 spiro atoms. The van der Waals surface area contributed by atoms with Crippen molar-refractivity contribution < 1.29 is 13.9 Å². The summed E-state index contributed by atoms with van der Waals surface area (Å²) < 4.78 is 18.6. The summed E-state index contributed by atoms with van der Waals surface area (Å²) in [6.45, 7) is 0. The highest BCUT2D eigenvalue weighted by molar-refractivity contribution is 6.00. The van der Waals surface area contributed by atoms with E-state index in [2.05, 4.69) is 25.5 Å². The van der Waals surface area contributed by atoms with Crippen LogP contribution in [0.2, 0.25) is 0 Å². The number of halogens is 1. The number of methoxy groups -OCH3 is 1. The van der Waals surface area contributed by atoms with Crippen molar-refractivity contribution in [2.24, 2.45) is 5.92 Å². The molecule has 27 heavy (non-hydrogen) atoms. The molecule has 2 atom stereocenters. The summed E-state index contributed by atoms with van der Waals surface area (Å²) in [5, 5.41) is 11.5. The lowest BCUT2D eigenvalue weighted by molar-refractivity contribution is -0.117. The molecular weight excluding hydrogens is 349 g/mol. The van der Waals surface area contributed by atoms with Gasteiger partial charge in [0.05, 0.1) is 24.7 Å². The second-order valence-corrected chi connectivity index (χ2v) is 6.65. The van der Waals surface area contributed by atoms with Gasteiger partial charge in [-0.05, 0) is 24.6 Å². The number of carbonyl (C=O) groups is 1. The molecule has 1 saturated carbocycles. The second-order valence-electron chi connectivity index (χ2n) is 6.65. The topological polar surface area (TPSA) is 95.7 Å². The van der Waals surface area contributed by atoms with Gasteiger partial charge in [-0.1, -0.05) is 0 Å². The van der Waals surface area contributed by atoms with Crippen molar-refractivity contribution in [2.75, 3.05) is 12.4 Å². The number of nitrogens with one attached hydrogen (secondary N) is 3. The molecule has 5 rings (SSSR count). The van der Waals surface area contributed by atoms with Crippen LogP contribution in [0.25, 0.3) is 33.1 Å².